The van der Waals surface area contributed by atoms with Gasteiger partial charge in [0, 0.05) is 30.3 Å². The maximum atomic E-state index is 11.8. The van der Waals surface area contributed by atoms with E-state index in [2.05, 4.69) is 5.32 Å². The third-order valence-electron chi connectivity index (χ3n) is 3.08. The number of carbonyl (C=O) groups excluding carboxylic acids is 1. The van der Waals surface area contributed by atoms with E-state index in [0.29, 0.717) is 0 Å². The summed E-state index contributed by atoms with van der Waals surface area (Å²) in [7, 11) is 0. The summed E-state index contributed by atoms with van der Waals surface area (Å²) in [5.74, 6) is -0.503. The SMILES string of the molecule is O=C(COc1cc(Cl)c(Cl)cc1Cl)NCc1cc([N+](=O)[O-])ccc1O. The van der Waals surface area contributed by atoms with Crippen molar-refractivity contribution in [2.75, 3.05) is 6.61 Å². The van der Waals surface area contributed by atoms with Crippen LogP contribution in [0.5, 0.6) is 11.5 Å². The van der Waals surface area contributed by atoms with Crippen LogP contribution >= 0.6 is 34.8 Å². The van der Waals surface area contributed by atoms with Crippen LogP contribution in [0.25, 0.3) is 0 Å². The van der Waals surface area contributed by atoms with Gasteiger partial charge in [0.05, 0.1) is 20.0 Å². The van der Waals surface area contributed by atoms with Crippen LogP contribution in [0.3, 0.4) is 0 Å². The molecule has 0 heterocycles. The first-order valence-corrected chi connectivity index (χ1v) is 7.91. The van der Waals surface area contributed by atoms with E-state index in [-0.39, 0.29) is 51.0 Å². The molecule has 0 aromatic heterocycles. The molecular weight excluding hydrogens is 395 g/mol. The average molecular weight is 406 g/mol. The molecule has 0 radical (unpaired) electrons. The summed E-state index contributed by atoms with van der Waals surface area (Å²) in [6.45, 7) is -0.474. The fourth-order valence-electron chi connectivity index (χ4n) is 1.83. The summed E-state index contributed by atoms with van der Waals surface area (Å²) >= 11 is 17.6. The van der Waals surface area contributed by atoms with Crippen LogP contribution in [-0.2, 0) is 11.3 Å². The molecule has 7 nitrogen and oxygen atoms in total. The Balaban J connectivity index is 1.94. The molecule has 0 unspecified atom stereocenters. The number of nitrogens with zero attached hydrogens (tertiary/aromatic N) is 1. The summed E-state index contributed by atoms with van der Waals surface area (Å²) < 4.78 is 5.26. The molecule has 0 aliphatic heterocycles. The molecule has 0 saturated carbocycles. The Morgan fingerprint density at radius 2 is 1.84 bits per heavy atom. The lowest BCUT2D eigenvalue weighted by Gasteiger charge is -2.10. The molecular formula is C15H11Cl3N2O5. The number of hydrogen-bond donors (Lipinski definition) is 2. The number of amides is 1. The van der Waals surface area contributed by atoms with Gasteiger partial charge in [-0.15, -0.1) is 0 Å². The van der Waals surface area contributed by atoms with Crippen molar-refractivity contribution in [1.82, 2.24) is 5.32 Å². The highest BCUT2D eigenvalue weighted by molar-refractivity contribution is 6.43. The molecule has 1 amide bonds. The van der Waals surface area contributed by atoms with Crippen molar-refractivity contribution in [3.63, 3.8) is 0 Å². The number of benzene rings is 2. The number of nitro benzene ring substituents is 1. The van der Waals surface area contributed by atoms with Crippen LogP contribution in [-0.4, -0.2) is 22.5 Å². The maximum absolute atomic E-state index is 11.8. The van der Waals surface area contributed by atoms with Crippen LogP contribution in [0.15, 0.2) is 30.3 Å². The lowest BCUT2D eigenvalue weighted by Crippen LogP contribution is -2.28. The first-order valence-electron chi connectivity index (χ1n) is 6.78. The summed E-state index contributed by atoms with van der Waals surface area (Å²) in [4.78, 5) is 22.0. The van der Waals surface area contributed by atoms with Crippen LogP contribution in [0, 0.1) is 10.1 Å². The molecule has 0 atom stereocenters. The number of phenols is 1. The number of non-ortho nitro benzene ring substituents is 1. The molecule has 2 aromatic rings. The number of rotatable bonds is 6. The molecule has 2 rings (SSSR count). The van der Waals surface area contributed by atoms with Crippen molar-refractivity contribution in [2.45, 2.75) is 6.54 Å². The molecule has 0 spiro atoms. The van der Waals surface area contributed by atoms with Crippen molar-refractivity contribution in [1.29, 1.82) is 0 Å². The topological polar surface area (TPSA) is 102 Å². The zero-order valence-corrected chi connectivity index (χ0v) is 14.7. The molecule has 0 bridgehead atoms. The lowest BCUT2D eigenvalue weighted by atomic mass is 10.2. The van der Waals surface area contributed by atoms with Gasteiger partial charge in [0.1, 0.15) is 11.5 Å². The van der Waals surface area contributed by atoms with Crippen LogP contribution < -0.4 is 10.1 Å². The van der Waals surface area contributed by atoms with Gasteiger partial charge in [0.25, 0.3) is 11.6 Å². The van der Waals surface area contributed by atoms with Crippen LogP contribution in [0.2, 0.25) is 15.1 Å². The number of nitrogens with one attached hydrogen (secondary N) is 1. The number of carbonyl (C=O) groups is 1. The van der Waals surface area contributed by atoms with Crippen molar-refractivity contribution in [3.8, 4) is 11.5 Å². The van der Waals surface area contributed by atoms with E-state index in [1.165, 1.54) is 24.3 Å². The largest absolute Gasteiger partial charge is 0.508 e. The summed E-state index contributed by atoms with van der Waals surface area (Å²) in [5.41, 5.74) is 0.0102. The number of ether oxygens (including phenoxy) is 1. The minimum Gasteiger partial charge on any atom is -0.508 e. The molecule has 0 aliphatic rings. The Kier molecular flexibility index (Phi) is 6.30. The quantitative estimate of drug-likeness (QED) is 0.430. The first-order chi connectivity index (χ1) is 11.8. The van der Waals surface area contributed by atoms with Gasteiger partial charge in [-0.05, 0) is 12.1 Å². The average Bonchev–Trinajstić information content (AvgIpc) is 2.56. The Labute approximate surface area is 157 Å². The van der Waals surface area contributed by atoms with Gasteiger partial charge < -0.3 is 15.2 Å². The van der Waals surface area contributed by atoms with Crippen molar-refractivity contribution >= 4 is 46.4 Å². The van der Waals surface area contributed by atoms with Gasteiger partial charge in [-0.1, -0.05) is 34.8 Å². The lowest BCUT2D eigenvalue weighted by molar-refractivity contribution is -0.384. The van der Waals surface area contributed by atoms with E-state index in [1.807, 2.05) is 0 Å². The predicted molar refractivity (Wildman–Crippen MR) is 93.6 cm³/mol. The third-order valence-corrected chi connectivity index (χ3v) is 4.10. The standard InChI is InChI=1S/C15H11Cl3N2O5/c16-10-4-12(18)14(5-11(10)17)25-7-15(22)19-6-8-3-9(20(23)24)1-2-13(8)21/h1-5,21H,6-7H2,(H,19,22). The molecule has 10 heteroatoms. The first kappa shape index (κ1) is 19.1. The summed E-state index contributed by atoms with van der Waals surface area (Å²) in [6.07, 6.45) is 0. The van der Waals surface area contributed by atoms with Gasteiger partial charge in [0.15, 0.2) is 6.61 Å². The Morgan fingerprint density at radius 1 is 1.16 bits per heavy atom. The number of phenolic OH excluding ortho intramolecular Hbond substituents is 1. The predicted octanol–water partition coefficient (Wildman–Crippen LogP) is 3.96. The highest BCUT2D eigenvalue weighted by Gasteiger charge is 2.13. The Morgan fingerprint density at radius 3 is 2.52 bits per heavy atom. The third kappa shape index (κ3) is 5.12. The van der Waals surface area contributed by atoms with Gasteiger partial charge in [-0.3, -0.25) is 14.9 Å². The van der Waals surface area contributed by atoms with Crippen molar-refractivity contribution in [2.24, 2.45) is 0 Å². The fraction of sp³-hybridized carbons (Fsp3) is 0.133. The van der Waals surface area contributed by atoms with E-state index in [1.54, 1.807) is 0 Å². The van der Waals surface area contributed by atoms with Gasteiger partial charge in [-0.2, -0.15) is 0 Å². The van der Waals surface area contributed by atoms with E-state index < -0.39 is 10.8 Å². The number of halogens is 3. The van der Waals surface area contributed by atoms with Gasteiger partial charge >= 0.3 is 0 Å². The monoisotopic (exact) mass is 404 g/mol. The zero-order valence-electron chi connectivity index (χ0n) is 12.5. The highest BCUT2D eigenvalue weighted by atomic mass is 35.5. The normalized spacial score (nSPS) is 10.4. The van der Waals surface area contributed by atoms with E-state index in [4.69, 9.17) is 39.5 Å². The van der Waals surface area contributed by atoms with Crippen molar-refractivity contribution < 1.29 is 19.6 Å². The molecule has 0 saturated heterocycles. The molecule has 2 N–H and O–H groups in total. The van der Waals surface area contributed by atoms with Gasteiger partial charge in [-0.25, -0.2) is 0 Å². The maximum Gasteiger partial charge on any atom is 0.270 e. The molecule has 2 aromatic carbocycles. The summed E-state index contributed by atoms with van der Waals surface area (Å²) in [6, 6.07) is 6.29. The van der Waals surface area contributed by atoms with E-state index in [9.17, 15) is 20.0 Å². The zero-order chi connectivity index (χ0) is 18.6. The highest BCUT2D eigenvalue weighted by Crippen LogP contribution is 2.33. The van der Waals surface area contributed by atoms with E-state index >= 15 is 0 Å². The molecule has 0 fully saturated rings. The Bertz CT molecular complexity index is 829. The second-order valence-corrected chi connectivity index (χ2v) is 6.05. The van der Waals surface area contributed by atoms with Crippen LogP contribution in [0.4, 0.5) is 5.69 Å². The van der Waals surface area contributed by atoms with Crippen molar-refractivity contribution in [3.05, 3.63) is 61.1 Å². The molecule has 132 valence electrons. The molecule has 0 aliphatic carbocycles. The minimum atomic E-state index is -0.597. The fourth-order valence-corrected chi connectivity index (χ4v) is 2.42. The Hall–Kier alpha value is -2.22. The van der Waals surface area contributed by atoms with Gasteiger partial charge in [0.2, 0.25) is 0 Å². The minimum absolute atomic E-state index is 0.106. The molecule has 25 heavy (non-hydrogen) atoms. The van der Waals surface area contributed by atoms with Crippen LogP contribution in [0.1, 0.15) is 5.56 Å². The second kappa shape index (κ2) is 8.24. The number of nitro groups is 1. The summed E-state index contributed by atoms with van der Waals surface area (Å²) in [5, 5.41) is 23.6. The smallest absolute Gasteiger partial charge is 0.270 e. The number of hydrogen-bond acceptors (Lipinski definition) is 5. The number of aromatic hydroxyl groups is 1. The second-order valence-electron chi connectivity index (χ2n) is 4.83. The van der Waals surface area contributed by atoms with E-state index in [0.717, 1.165) is 6.07 Å².